The van der Waals surface area contributed by atoms with E-state index < -0.39 is 6.10 Å². The third-order valence-corrected chi connectivity index (χ3v) is 5.40. The zero-order chi connectivity index (χ0) is 20.1. The van der Waals surface area contributed by atoms with Crippen LogP contribution in [0, 0.1) is 11.3 Å². The van der Waals surface area contributed by atoms with Gasteiger partial charge in [0.05, 0.1) is 30.4 Å². The lowest BCUT2D eigenvalue weighted by Crippen LogP contribution is -2.52. The van der Waals surface area contributed by atoms with Gasteiger partial charge in [-0.15, -0.1) is 0 Å². The average molecular weight is 391 g/mol. The number of carbonyl (C=O) groups is 1. The topological polar surface area (TPSA) is 65.8 Å². The van der Waals surface area contributed by atoms with Crippen LogP contribution in [0.2, 0.25) is 0 Å². The molecule has 29 heavy (non-hydrogen) atoms. The number of hydrogen-bond acceptors (Lipinski definition) is 5. The number of rotatable bonds is 5. The van der Waals surface area contributed by atoms with Gasteiger partial charge in [-0.2, -0.15) is 5.26 Å². The Morgan fingerprint density at radius 2 is 1.97 bits per heavy atom. The van der Waals surface area contributed by atoms with Gasteiger partial charge in [0.2, 0.25) is 0 Å². The summed E-state index contributed by atoms with van der Waals surface area (Å²) in [5.74, 6) is 1.49. The first kappa shape index (κ1) is 19.1. The second kappa shape index (κ2) is 8.87. The van der Waals surface area contributed by atoms with Crippen LogP contribution in [0.5, 0.6) is 11.5 Å². The number of likely N-dealkylation sites (tertiary alicyclic amines) is 1. The quantitative estimate of drug-likeness (QED) is 0.783. The third-order valence-electron chi connectivity index (χ3n) is 5.40. The monoisotopic (exact) mass is 391 g/mol. The Morgan fingerprint density at radius 1 is 1.14 bits per heavy atom. The molecule has 1 unspecified atom stereocenters. The number of fused-ring (bicyclic) bond motifs is 1. The van der Waals surface area contributed by atoms with Gasteiger partial charge >= 0.3 is 0 Å². The zero-order valence-electron chi connectivity index (χ0n) is 16.4. The Kier molecular flexibility index (Phi) is 5.85. The smallest absolute Gasteiger partial charge is 0.265 e. The predicted molar refractivity (Wildman–Crippen MR) is 110 cm³/mol. The summed E-state index contributed by atoms with van der Waals surface area (Å²) < 4.78 is 11.9. The lowest BCUT2D eigenvalue weighted by molar-refractivity contribution is -0.139. The molecule has 6 nitrogen and oxygen atoms in total. The molecule has 2 aliphatic rings. The van der Waals surface area contributed by atoms with Crippen LogP contribution in [0.25, 0.3) is 0 Å². The van der Waals surface area contributed by atoms with Gasteiger partial charge in [-0.3, -0.25) is 4.79 Å². The Bertz CT molecular complexity index is 902. The number of nitriles is 1. The highest BCUT2D eigenvalue weighted by molar-refractivity contribution is 5.83. The summed E-state index contributed by atoms with van der Waals surface area (Å²) in [5, 5.41) is 9.03. The molecule has 0 aromatic heterocycles. The molecule has 0 N–H and O–H groups in total. The van der Waals surface area contributed by atoms with Crippen molar-refractivity contribution in [1.82, 2.24) is 4.90 Å². The molecule has 4 rings (SSSR count). The lowest BCUT2D eigenvalue weighted by atomic mass is 10.1. The number of amides is 1. The molecule has 0 aliphatic carbocycles. The van der Waals surface area contributed by atoms with Crippen molar-refractivity contribution >= 4 is 11.6 Å². The van der Waals surface area contributed by atoms with Gasteiger partial charge in [-0.25, -0.2) is 0 Å². The minimum atomic E-state index is -0.495. The number of anilines is 1. The highest BCUT2D eigenvalue weighted by Crippen LogP contribution is 2.33. The second-order valence-corrected chi connectivity index (χ2v) is 7.39. The fraction of sp³-hybridized carbons (Fsp3) is 0.391. The minimum absolute atomic E-state index is 0.0758. The van der Waals surface area contributed by atoms with E-state index in [2.05, 4.69) is 11.0 Å². The van der Waals surface area contributed by atoms with Gasteiger partial charge in [0.25, 0.3) is 5.91 Å². The van der Waals surface area contributed by atoms with E-state index in [9.17, 15) is 4.79 Å². The molecule has 2 aliphatic heterocycles. The molecular weight excluding hydrogens is 366 g/mol. The van der Waals surface area contributed by atoms with Gasteiger partial charge in [-0.05, 0) is 49.6 Å². The van der Waals surface area contributed by atoms with Crippen molar-refractivity contribution in [3.63, 3.8) is 0 Å². The van der Waals surface area contributed by atoms with Gasteiger partial charge < -0.3 is 19.3 Å². The van der Waals surface area contributed by atoms with Gasteiger partial charge in [0, 0.05) is 13.1 Å². The van der Waals surface area contributed by atoms with Crippen molar-refractivity contribution in [3.05, 3.63) is 54.1 Å². The van der Waals surface area contributed by atoms with Gasteiger partial charge in [-0.1, -0.05) is 18.2 Å². The van der Waals surface area contributed by atoms with Crippen LogP contribution in [0.3, 0.4) is 0 Å². The molecule has 150 valence electrons. The van der Waals surface area contributed by atoms with Crippen LogP contribution in [0.1, 0.15) is 24.8 Å². The predicted octanol–water partition coefficient (Wildman–Crippen LogP) is 3.22. The van der Waals surface area contributed by atoms with E-state index >= 15 is 0 Å². The summed E-state index contributed by atoms with van der Waals surface area (Å²) in [7, 11) is 0. The number of benzene rings is 2. The number of carbonyl (C=O) groups excluding carboxylic acids is 1. The molecule has 0 radical (unpaired) electrons. The SMILES string of the molecule is N#Cc1cccc(OCCN2CC(C(=O)N3CCCCC3)Oc3ccccc32)c1. The van der Waals surface area contributed by atoms with Crippen LogP contribution < -0.4 is 14.4 Å². The van der Waals surface area contributed by atoms with E-state index in [0.29, 0.717) is 31.0 Å². The van der Waals surface area contributed by atoms with E-state index in [1.54, 1.807) is 12.1 Å². The van der Waals surface area contributed by atoms with Crippen LogP contribution in [-0.2, 0) is 4.79 Å². The Morgan fingerprint density at radius 3 is 2.79 bits per heavy atom. The molecule has 1 atom stereocenters. The number of para-hydroxylation sites is 2. The van der Waals surface area contributed by atoms with Gasteiger partial charge in [0.1, 0.15) is 18.1 Å². The first-order valence-electron chi connectivity index (χ1n) is 10.2. The number of piperidine rings is 1. The molecule has 0 spiro atoms. The molecule has 6 heteroatoms. The molecule has 2 aromatic rings. The van der Waals surface area contributed by atoms with Crippen molar-refractivity contribution < 1.29 is 14.3 Å². The van der Waals surface area contributed by atoms with E-state index in [1.165, 1.54) is 6.42 Å². The minimum Gasteiger partial charge on any atom is -0.492 e. The van der Waals surface area contributed by atoms with Crippen molar-refractivity contribution in [3.8, 4) is 17.6 Å². The highest BCUT2D eigenvalue weighted by atomic mass is 16.5. The fourth-order valence-electron chi connectivity index (χ4n) is 3.89. The molecule has 2 heterocycles. The van der Waals surface area contributed by atoms with Gasteiger partial charge in [0.15, 0.2) is 6.10 Å². The van der Waals surface area contributed by atoms with Crippen molar-refractivity contribution in [2.24, 2.45) is 0 Å². The molecular formula is C23H25N3O3. The third kappa shape index (κ3) is 4.45. The number of nitrogens with zero attached hydrogens (tertiary/aromatic N) is 3. The van der Waals surface area contributed by atoms with Crippen LogP contribution >= 0.6 is 0 Å². The van der Waals surface area contributed by atoms with E-state index in [4.69, 9.17) is 14.7 Å². The molecule has 2 aromatic carbocycles. The van der Waals surface area contributed by atoms with Crippen molar-refractivity contribution in [2.45, 2.75) is 25.4 Å². The molecule has 1 saturated heterocycles. The second-order valence-electron chi connectivity index (χ2n) is 7.39. The fourth-order valence-corrected chi connectivity index (χ4v) is 3.89. The molecule has 0 saturated carbocycles. The summed E-state index contributed by atoms with van der Waals surface area (Å²) in [6.07, 6.45) is 2.82. The Labute approximate surface area is 171 Å². The summed E-state index contributed by atoms with van der Waals surface area (Å²) >= 11 is 0. The Hall–Kier alpha value is -3.20. The standard InChI is InChI=1S/C23H25N3O3/c24-16-18-7-6-8-19(15-18)28-14-13-26-17-22(23(27)25-11-4-1-5-12-25)29-21-10-3-2-9-20(21)26/h2-3,6-10,15,22H,1,4-5,11-14,17H2. The van der Waals surface area contributed by atoms with E-state index in [1.807, 2.05) is 41.3 Å². The maximum absolute atomic E-state index is 13.0. The first-order chi connectivity index (χ1) is 14.2. The summed E-state index contributed by atoms with van der Waals surface area (Å²) in [6, 6.07) is 17.1. The number of hydrogen-bond donors (Lipinski definition) is 0. The molecule has 1 fully saturated rings. The Balaban J connectivity index is 1.43. The summed E-state index contributed by atoms with van der Waals surface area (Å²) in [6.45, 7) is 3.22. The average Bonchev–Trinajstić information content (AvgIpc) is 2.79. The van der Waals surface area contributed by atoms with Crippen LogP contribution in [-0.4, -0.2) is 49.7 Å². The maximum Gasteiger partial charge on any atom is 0.265 e. The highest BCUT2D eigenvalue weighted by Gasteiger charge is 2.33. The normalized spacial score (nSPS) is 18.4. The zero-order valence-corrected chi connectivity index (χ0v) is 16.4. The van der Waals surface area contributed by atoms with Crippen LogP contribution in [0.4, 0.5) is 5.69 Å². The first-order valence-corrected chi connectivity index (χ1v) is 10.2. The van der Waals surface area contributed by atoms with Crippen molar-refractivity contribution in [2.75, 3.05) is 37.7 Å². The largest absolute Gasteiger partial charge is 0.492 e. The molecule has 0 bridgehead atoms. The van der Waals surface area contributed by atoms with E-state index in [-0.39, 0.29) is 5.91 Å². The summed E-state index contributed by atoms with van der Waals surface area (Å²) in [5.41, 5.74) is 1.55. The molecule has 1 amide bonds. The van der Waals surface area contributed by atoms with Crippen molar-refractivity contribution in [1.29, 1.82) is 5.26 Å². The lowest BCUT2D eigenvalue weighted by Gasteiger charge is -2.38. The maximum atomic E-state index is 13.0. The number of ether oxygens (including phenoxy) is 2. The van der Waals surface area contributed by atoms with E-state index in [0.717, 1.165) is 37.4 Å². The summed E-state index contributed by atoms with van der Waals surface area (Å²) in [4.78, 5) is 17.1. The van der Waals surface area contributed by atoms with Crippen LogP contribution in [0.15, 0.2) is 48.5 Å².